The van der Waals surface area contributed by atoms with Gasteiger partial charge in [-0.15, -0.1) is 0 Å². The Balaban J connectivity index is 1.49. The lowest BCUT2D eigenvalue weighted by Gasteiger charge is -2.28. The number of anilines is 1. The van der Waals surface area contributed by atoms with E-state index in [2.05, 4.69) is 25.2 Å². The summed E-state index contributed by atoms with van der Waals surface area (Å²) in [6, 6.07) is 14.0. The van der Waals surface area contributed by atoms with Gasteiger partial charge in [0.05, 0.1) is 5.69 Å². The van der Waals surface area contributed by atoms with Crippen LogP contribution in [0.1, 0.15) is 11.1 Å². The van der Waals surface area contributed by atoms with Crippen molar-refractivity contribution in [2.75, 3.05) is 31.1 Å². The first-order valence-electron chi connectivity index (χ1n) is 11.4. The van der Waals surface area contributed by atoms with E-state index in [4.69, 9.17) is 17.3 Å². The topological polar surface area (TPSA) is 80.0 Å². The Morgan fingerprint density at radius 2 is 1.94 bits per heavy atom. The number of aromatic nitrogens is 3. The molecule has 6 nitrogen and oxygen atoms in total. The van der Waals surface area contributed by atoms with Gasteiger partial charge in [0.25, 0.3) is 0 Å². The molecule has 1 fully saturated rings. The third-order valence-corrected chi connectivity index (χ3v) is 6.18. The van der Waals surface area contributed by atoms with Gasteiger partial charge in [-0.05, 0) is 65.2 Å². The highest BCUT2D eigenvalue weighted by Crippen LogP contribution is 2.31. The minimum Gasteiger partial charge on any atom is -0.404 e. The maximum atomic E-state index is 14.6. The molecule has 1 aliphatic heterocycles. The molecule has 1 saturated heterocycles. The number of nitrogens with zero attached hydrogens (tertiary/aromatic N) is 4. The molecule has 8 heteroatoms. The van der Waals surface area contributed by atoms with Crippen LogP contribution in [0, 0.1) is 5.82 Å². The number of fused-ring (bicyclic) bond motifs is 1. The van der Waals surface area contributed by atoms with Gasteiger partial charge in [-0.3, -0.25) is 0 Å². The Hall–Kier alpha value is -3.81. The molecule has 0 atom stereocenters. The molecule has 0 saturated carbocycles. The van der Waals surface area contributed by atoms with E-state index < -0.39 is 5.82 Å². The van der Waals surface area contributed by atoms with Gasteiger partial charge in [0, 0.05) is 60.7 Å². The minimum atomic E-state index is -0.410. The first-order chi connectivity index (χ1) is 17.1. The van der Waals surface area contributed by atoms with Crippen LogP contribution >= 0.6 is 11.6 Å². The van der Waals surface area contributed by atoms with Crippen molar-refractivity contribution in [1.29, 1.82) is 0 Å². The monoisotopic (exact) mass is 486 g/mol. The summed E-state index contributed by atoms with van der Waals surface area (Å²) < 4.78 is 14.6. The smallest absolute Gasteiger partial charge is 0.160 e. The molecule has 0 spiro atoms. The Morgan fingerprint density at radius 1 is 1.09 bits per heavy atom. The lowest BCUT2D eigenvalue weighted by Crippen LogP contribution is -2.43. The van der Waals surface area contributed by atoms with E-state index in [9.17, 15) is 4.39 Å². The lowest BCUT2D eigenvalue weighted by molar-refractivity contribution is 0.585. The van der Waals surface area contributed by atoms with Crippen molar-refractivity contribution >= 4 is 40.1 Å². The molecule has 176 valence electrons. The molecule has 0 amide bonds. The summed E-state index contributed by atoms with van der Waals surface area (Å²) in [7, 11) is 0. The van der Waals surface area contributed by atoms with Gasteiger partial charge in [0.15, 0.2) is 5.65 Å². The van der Waals surface area contributed by atoms with Gasteiger partial charge in [-0.25, -0.2) is 19.3 Å². The maximum absolute atomic E-state index is 14.6. The van der Waals surface area contributed by atoms with Gasteiger partial charge in [0.1, 0.15) is 11.6 Å². The van der Waals surface area contributed by atoms with Crippen LogP contribution in [0.5, 0.6) is 0 Å². The number of halogens is 2. The van der Waals surface area contributed by atoms with Crippen LogP contribution in [0.15, 0.2) is 73.2 Å². The molecule has 4 heterocycles. The highest BCUT2D eigenvalue weighted by atomic mass is 35.5. The van der Waals surface area contributed by atoms with Crippen molar-refractivity contribution in [3.8, 4) is 11.3 Å². The number of piperazine rings is 1. The first kappa shape index (κ1) is 23.0. The average Bonchev–Trinajstić information content (AvgIpc) is 2.91. The van der Waals surface area contributed by atoms with E-state index in [0.717, 1.165) is 54.1 Å². The summed E-state index contributed by atoms with van der Waals surface area (Å²) in [5, 5.41) is 4.59. The van der Waals surface area contributed by atoms with E-state index in [0.29, 0.717) is 21.9 Å². The fraction of sp³-hybridized carbons (Fsp3) is 0.148. The molecule has 0 unspecified atom stereocenters. The maximum Gasteiger partial charge on any atom is 0.160 e. The highest BCUT2D eigenvalue weighted by molar-refractivity contribution is 6.30. The quantitative estimate of drug-likeness (QED) is 0.390. The molecule has 0 bridgehead atoms. The molecule has 3 N–H and O–H groups in total. The molecule has 4 aromatic rings. The minimum absolute atomic E-state index is 0.305. The largest absolute Gasteiger partial charge is 0.404 e. The summed E-state index contributed by atoms with van der Waals surface area (Å²) >= 11 is 6.13. The number of nitrogens with one attached hydrogen (secondary N) is 1. The van der Waals surface area contributed by atoms with Crippen molar-refractivity contribution in [2.45, 2.75) is 0 Å². The molecular formula is C27H24ClFN6. The number of benzene rings is 1. The van der Waals surface area contributed by atoms with Gasteiger partial charge in [-0.1, -0.05) is 23.8 Å². The Morgan fingerprint density at radius 3 is 2.71 bits per heavy atom. The number of hydrogen-bond donors (Lipinski definition) is 2. The Kier molecular flexibility index (Phi) is 6.70. The summed E-state index contributed by atoms with van der Waals surface area (Å²) in [6.07, 6.45) is 8.90. The van der Waals surface area contributed by atoms with Crippen LogP contribution < -0.4 is 16.0 Å². The normalized spacial score (nSPS) is 14.7. The van der Waals surface area contributed by atoms with Crippen LogP contribution in [0.3, 0.4) is 0 Å². The zero-order chi connectivity index (χ0) is 24.2. The molecule has 5 rings (SSSR count). The first-order valence-corrected chi connectivity index (χ1v) is 11.7. The predicted molar refractivity (Wildman–Crippen MR) is 140 cm³/mol. The summed E-state index contributed by atoms with van der Waals surface area (Å²) in [5.41, 5.74) is 9.77. The van der Waals surface area contributed by atoms with Crippen LogP contribution in [-0.2, 0) is 0 Å². The van der Waals surface area contributed by atoms with E-state index in [1.165, 1.54) is 18.3 Å². The second kappa shape index (κ2) is 10.2. The molecule has 1 aromatic carbocycles. The fourth-order valence-electron chi connectivity index (χ4n) is 4.13. The van der Waals surface area contributed by atoms with Crippen molar-refractivity contribution in [2.24, 2.45) is 5.73 Å². The van der Waals surface area contributed by atoms with Gasteiger partial charge >= 0.3 is 0 Å². The summed E-state index contributed by atoms with van der Waals surface area (Å²) in [6.45, 7) is 3.82. The summed E-state index contributed by atoms with van der Waals surface area (Å²) in [4.78, 5) is 15.9. The molecular weight excluding hydrogens is 463 g/mol. The standard InChI is InChI=1S/C27H24ClFN6/c28-20-6-7-24(29)23(14-20)25-15-22(21-2-1-9-32-27(21)34-25)19(16-30)5-3-18-4-8-26(33-17-18)35-12-10-31-11-13-35/h1-9,14-17,31H,10-13,30H2/b5-3+,19-16+. The van der Waals surface area contributed by atoms with E-state index in [-0.39, 0.29) is 0 Å². The van der Waals surface area contributed by atoms with Gasteiger partial charge in [0.2, 0.25) is 0 Å². The van der Waals surface area contributed by atoms with Crippen LogP contribution in [0.25, 0.3) is 33.9 Å². The number of rotatable bonds is 5. The molecule has 1 aliphatic rings. The molecule has 0 radical (unpaired) electrons. The van der Waals surface area contributed by atoms with Crippen molar-refractivity contribution in [1.82, 2.24) is 20.3 Å². The van der Waals surface area contributed by atoms with Gasteiger partial charge in [-0.2, -0.15) is 0 Å². The Bertz CT molecular complexity index is 1410. The molecule has 35 heavy (non-hydrogen) atoms. The molecule has 3 aromatic heterocycles. The third kappa shape index (κ3) is 5.01. The van der Waals surface area contributed by atoms with Crippen LogP contribution in [-0.4, -0.2) is 41.1 Å². The van der Waals surface area contributed by atoms with E-state index in [1.54, 1.807) is 12.3 Å². The average molecular weight is 487 g/mol. The van der Waals surface area contributed by atoms with E-state index >= 15 is 0 Å². The van der Waals surface area contributed by atoms with E-state index in [1.807, 2.05) is 48.7 Å². The van der Waals surface area contributed by atoms with Crippen LogP contribution in [0.4, 0.5) is 10.2 Å². The predicted octanol–water partition coefficient (Wildman–Crippen LogP) is 4.91. The van der Waals surface area contributed by atoms with Gasteiger partial charge < -0.3 is 16.0 Å². The van der Waals surface area contributed by atoms with Crippen molar-refractivity contribution in [3.63, 3.8) is 0 Å². The lowest BCUT2D eigenvalue weighted by atomic mass is 9.99. The number of hydrogen-bond acceptors (Lipinski definition) is 6. The summed E-state index contributed by atoms with van der Waals surface area (Å²) in [5.74, 6) is 0.560. The second-order valence-corrected chi connectivity index (χ2v) is 8.63. The highest BCUT2D eigenvalue weighted by Gasteiger charge is 2.14. The van der Waals surface area contributed by atoms with Crippen LogP contribution in [0.2, 0.25) is 5.02 Å². The fourth-order valence-corrected chi connectivity index (χ4v) is 4.30. The SMILES string of the molecule is N/C=C(\C=C\c1ccc(N2CCNCC2)nc1)c1cc(-c2cc(Cl)ccc2F)nc2ncccc12. The number of allylic oxidation sites excluding steroid dienone is 2. The third-order valence-electron chi connectivity index (χ3n) is 5.95. The second-order valence-electron chi connectivity index (χ2n) is 8.20. The number of pyridine rings is 3. The Labute approximate surface area is 208 Å². The molecule has 0 aliphatic carbocycles. The van der Waals surface area contributed by atoms with Crippen molar-refractivity contribution < 1.29 is 4.39 Å². The zero-order valence-corrected chi connectivity index (χ0v) is 19.7. The number of nitrogens with two attached hydrogens (primary N) is 1. The zero-order valence-electron chi connectivity index (χ0n) is 19.0. The van der Waals surface area contributed by atoms with Crippen molar-refractivity contribution in [3.05, 3.63) is 95.2 Å².